The van der Waals surface area contributed by atoms with Crippen LogP contribution in [-0.4, -0.2) is 56.6 Å². The van der Waals surface area contributed by atoms with E-state index in [1.807, 2.05) is 0 Å². The van der Waals surface area contributed by atoms with Gasteiger partial charge in [-0.3, -0.25) is 4.79 Å². The predicted octanol–water partition coefficient (Wildman–Crippen LogP) is 5.28. The minimum atomic E-state index is -0.881. The fraction of sp³-hybridized carbons (Fsp3) is 0.867. The SMILES string of the molecule is CCCCN(C)CC1CCC(C23C[C@@H]4[C@H](C)CC[C@H]4C4(C=O)CC2C=C(C(C)C)C34C(=O)OC)O1. The molecule has 9 atom stereocenters. The van der Waals surface area contributed by atoms with Gasteiger partial charge in [-0.15, -0.1) is 0 Å². The Kier molecular flexibility index (Phi) is 6.52. The van der Waals surface area contributed by atoms with Gasteiger partial charge in [0, 0.05) is 12.0 Å². The van der Waals surface area contributed by atoms with Crippen LogP contribution in [0.5, 0.6) is 0 Å². The molecule has 4 bridgehead atoms. The van der Waals surface area contributed by atoms with Crippen LogP contribution in [-0.2, 0) is 19.1 Å². The van der Waals surface area contributed by atoms with E-state index in [1.54, 1.807) is 0 Å². The molecule has 0 aromatic rings. The molecule has 35 heavy (non-hydrogen) atoms. The lowest BCUT2D eigenvalue weighted by Crippen LogP contribution is -2.65. The fourth-order valence-corrected chi connectivity index (χ4v) is 10.1. The van der Waals surface area contributed by atoms with Crippen molar-refractivity contribution >= 4 is 12.3 Å². The van der Waals surface area contributed by atoms with Gasteiger partial charge in [0.15, 0.2) is 0 Å². The molecule has 4 fully saturated rings. The highest BCUT2D eigenvalue weighted by Crippen LogP contribution is 2.84. The minimum absolute atomic E-state index is 0.000694. The first-order valence-corrected chi connectivity index (χ1v) is 14.3. The normalized spacial score (nSPS) is 45.8. The van der Waals surface area contributed by atoms with Gasteiger partial charge in [0.05, 0.1) is 24.7 Å². The van der Waals surface area contributed by atoms with Gasteiger partial charge in [-0.1, -0.05) is 52.2 Å². The molecule has 5 rings (SSSR count). The molecule has 1 aliphatic heterocycles. The first kappa shape index (κ1) is 25.4. The fourth-order valence-electron chi connectivity index (χ4n) is 10.1. The van der Waals surface area contributed by atoms with Gasteiger partial charge in [-0.05, 0) is 81.7 Å². The zero-order valence-electron chi connectivity index (χ0n) is 22.8. The van der Waals surface area contributed by atoms with Gasteiger partial charge in [0.25, 0.3) is 0 Å². The number of fused-ring (bicyclic) bond motifs is 2. The highest BCUT2D eigenvalue weighted by molar-refractivity contribution is 5.91. The molecule has 1 heterocycles. The van der Waals surface area contributed by atoms with Crippen molar-refractivity contribution in [3.63, 3.8) is 0 Å². The van der Waals surface area contributed by atoms with E-state index in [0.717, 1.165) is 57.2 Å². The number of allylic oxidation sites excluding steroid dienone is 1. The lowest BCUT2D eigenvalue weighted by molar-refractivity contribution is -0.200. The van der Waals surface area contributed by atoms with Crippen molar-refractivity contribution in [2.45, 2.75) is 91.3 Å². The summed E-state index contributed by atoms with van der Waals surface area (Å²) in [4.78, 5) is 30.0. The summed E-state index contributed by atoms with van der Waals surface area (Å²) >= 11 is 0. The zero-order chi connectivity index (χ0) is 25.2. The van der Waals surface area contributed by atoms with Crippen molar-refractivity contribution in [3.05, 3.63) is 11.6 Å². The van der Waals surface area contributed by atoms with Gasteiger partial charge < -0.3 is 19.2 Å². The van der Waals surface area contributed by atoms with Crippen molar-refractivity contribution < 1.29 is 19.1 Å². The molecule has 0 aromatic heterocycles. The average molecular weight is 486 g/mol. The lowest BCUT2D eigenvalue weighted by Gasteiger charge is -2.60. The van der Waals surface area contributed by atoms with Crippen LogP contribution in [0.1, 0.15) is 79.1 Å². The molecule has 5 aliphatic rings. The Morgan fingerprint density at radius 3 is 2.69 bits per heavy atom. The van der Waals surface area contributed by atoms with Gasteiger partial charge in [-0.2, -0.15) is 0 Å². The van der Waals surface area contributed by atoms with Crippen molar-refractivity contribution in [3.8, 4) is 0 Å². The third-order valence-corrected chi connectivity index (χ3v) is 11.3. The number of unbranched alkanes of at least 4 members (excludes halogenated alkanes) is 1. The van der Waals surface area contributed by atoms with Gasteiger partial charge in [-0.25, -0.2) is 0 Å². The number of carbonyl (C=O) groups is 2. The number of rotatable bonds is 9. The number of methoxy groups -OCH3 is 1. The number of nitrogens with zero attached hydrogens (tertiary/aromatic N) is 1. The van der Waals surface area contributed by atoms with Gasteiger partial charge >= 0.3 is 5.97 Å². The Bertz CT molecular complexity index is 884. The smallest absolute Gasteiger partial charge is 0.317 e. The highest BCUT2D eigenvalue weighted by Gasteiger charge is 2.86. The zero-order valence-corrected chi connectivity index (χ0v) is 22.8. The first-order chi connectivity index (χ1) is 16.7. The monoisotopic (exact) mass is 485 g/mol. The predicted molar refractivity (Wildman–Crippen MR) is 137 cm³/mol. The van der Waals surface area contributed by atoms with Crippen LogP contribution >= 0.6 is 0 Å². The van der Waals surface area contributed by atoms with E-state index < -0.39 is 10.8 Å². The maximum absolute atomic E-state index is 14.2. The molecule has 5 nitrogen and oxygen atoms in total. The average Bonchev–Trinajstić information content (AvgIpc) is 3.57. The second kappa shape index (κ2) is 8.97. The molecular weight excluding hydrogens is 438 g/mol. The Labute approximate surface area is 212 Å². The van der Waals surface area contributed by atoms with Crippen LogP contribution in [0.15, 0.2) is 11.6 Å². The lowest BCUT2D eigenvalue weighted by atomic mass is 9.41. The molecule has 6 unspecified atom stereocenters. The number of carbonyl (C=O) groups excluding carboxylic acids is 2. The van der Waals surface area contributed by atoms with Crippen LogP contribution in [0.4, 0.5) is 0 Å². The first-order valence-electron chi connectivity index (χ1n) is 14.3. The van der Waals surface area contributed by atoms with Crippen molar-refractivity contribution in [2.75, 3.05) is 27.2 Å². The maximum Gasteiger partial charge on any atom is 0.317 e. The Balaban J connectivity index is 1.59. The number of esters is 1. The van der Waals surface area contributed by atoms with Crippen LogP contribution < -0.4 is 0 Å². The molecule has 0 amide bonds. The molecule has 196 valence electrons. The van der Waals surface area contributed by atoms with Crippen molar-refractivity contribution in [2.24, 2.45) is 45.8 Å². The minimum Gasteiger partial charge on any atom is -0.468 e. The summed E-state index contributed by atoms with van der Waals surface area (Å²) in [6.07, 6.45) is 12.2. The highest BCUT2D eigenvalue weighted by atomic mass is 16.5. The summed E-state index contributed by atoms with van der Waals surface area (Å²) in [5, 5.41) is 0. The summed E-state index contributed by atoms with van der Waals surface area (Å²) in [5.74, 6) is 1.58. The molecule has 3 saturated carbocycles. The number of aldehydes is 1. The molecular formula is C30H47NO4. The largest absolute Gasteiger partial charge is 0.468 e. The Hall–Kier alpha value is -1.20. The van der Waals surface area contributed by atoms with E-state index in [4.69, 9.17) is 9.47 Å². The van der Waals surface area contributed by atoms with Crippen molar-refractivity contribution in [1.82, 2.24) is 4.90 Å². The quantitative estimate of drug-likeness (QED) is 0.253. The molecule has 0 spiro atoms. The van der Waals surface area contributed by atoms with E-state index in [2.05, 4.69) is 45.7 Å². The molecule has 0 aromatic carbocycles. The van der Waals surface area contributed by atoms with E-state index in [9.17, 15) is 9.59 Å². The van der Waals surface area contributed by atoms with E-state index in [1.165, 1.54) is 26.2 Å². The third-order valence-electron chi connectivity index (χ3n) is 11.3. The van der Waals surface area contributed by atoms with E-state index >= 15 is 0 Å². The molecule has 5 heteroatoms. The third kappa shape index (κ3) is 3.12. The second-order valence-electron chi connectivity index (χ2n) is 13.0. The van der Waals surface area contributed by atoms with Crippen LogP contribution in [0.25, 0.3) is 0 Å². The number of likely N-dealkylation sites (N-methyl/N-ethyl adjacent to an activating group) is 1. The molecule has 0 radical (unpaired) electrons. The number of hydrogen-bond acceptors (Lipinski definition) is 5. The molecule has 1 saturated heterocycles. The van der Waals surface area contributed by atoms with Crippen molar-refractivity contribution in [1.29, 1.82) is 0 Å². The molecule has 0 N–H and O–H groups in total. The van der Waals surface area contributed by atoms with Crippen LogP contribution in [0.3, 0.4) is 0 Å². The second-order valence-corrected chi connectivity index (χ2v) is 13.0. The number of ether oxygens (including phenoxy) is 2. The maximum atomic E-state index is 14.2. The van der Waals surface area contributed by atoms with Gasteiger partial charge in [0.1, 0.15) is 11.7 Å². The summed E-state index contributed by atoms with van der Waals surface area (Å²) < 4.78 is 12.7. The summed E-state index contributed by atoms with van der Waals surface area (Å²) in [6, 6.07) is 0. The van der Waals surface area contributed by atoms with Crippen LogP contribution in [0, 0.1) is 45.8 Å². The van der Waals surface area contributed by atoms with Crippen LogP contribution in [0.2, 0.25) is 0 Å². The summed E-state index contributed by atoms with van der Waals surface area (Å²) in [7, 11) is 3.72. The molecule has 4 aliphatic carbocycles. The Morgan fingerprint density at radius 2 is 2.03 bits per heavy atom. The Morgan fingerprint density at radius 1 is 1.26 bits per heavy atom. The number of hydrogen-bond donors (Lipinski definition) is 0. The topological polar surface area (TPSA) is 55.8 Å². The van der Waals surface area contributed by atoms with E-state index in [0.29, 0.717) is 11.8 Å². The standard InChI is InChI=1S/C30H47NO4/c1-7-8-13-31(5)17-22-10-12-26(35-22)29-16-23-20(4)9-11-24(23)28(18-32)15-21(29)14-25(19(2)3)30(28,29)27(33)34-6/h14,18-24,26H,7-13,15-17H2,1-6H3/t20-,21?,22?,23-,24-,26?,28?,29?,30?/m1/s1. The van der Waals surface area contributed by atoms with Gasteiger partial charge in [0.2, 0.25) is 0 Å². The van der Waals surface area contributed by atoms with E-state index in [-0.39, 0.29) is 41.3 Å². The summed E-state index contributed by atoms with van der Waals surface area (Å²) in [6.45, 7) is 11.0. The summed E-state index contributed by atoms with van der Waals surface area (Å²) in [5.41, 5.74) is -0.741.